The molecular formula is C20H21F4N2O4S-. The lowest BCUT2D eigenvalue weighted by molar-refractivity contribution is -0.180. The van der Waals surface area contributed by atoms with Gasteiger partial charge in [-0.25, -0.2) is 4.39 Å². The number of ether oxygens (including phenoxy) is 1. The normalized spacial score (nSPS) is 13.1. The number of nitrogens with zero attached hydrogens (tertiary/aromatic N) is 1. The van der Waals surface area contributed by atoms with Crippen LogP contribution >= 0.6 is 0 Å². The van der Waals surface area contributed by atoms with Gasteiger partial charge in [-0.1, -0.05) is 29.1 Å². The van der Waals surface area contributed by atoms with E-state index in [0.29, 0.717) is 5.56 Å². The van der Waals surface area contributed by atoms with Crippen LogP contribution in [0, 0.1) is 5.82 Å². The molecule has 0 aromatic heterocycles. The van der Waals surface area contributed by atoms with Gasteiger partial charge < -0.3 is 22.8 Å². The largest absolute Gasteiger partial charge is 0.484 e. The van der Waals surface area contributed by atoms with Crippen LogP contribution in [0.1, 0.15) is 25.0 Å². The fourth-order valence-electron chi connectivity index (χ4n) is 2.38. The highest BCUT2D eigenvalue weighted by Gasteiger charge is 2.48. The van der Waals surface area contributed by atoms with Gasteiger partial charge in [0.15, 0.2) is 6.61 Å². The van der Waals surface area contributed by atoms with Crippen LogP contribution in [0.5, 0.6) is 5.75 Å². The minimum absolute atomic E-state index is 0.00543. The van der Waals surface area contributed by atoms with Crippen LogP contribution in [0.25, 0.3) is 0 Å². The average molecular weight is 461 g/mol. The van der Waals surface area contributed by atoms with Crippen LogP contribution in [0.2, 0.25) is 0 Å². The molecule has 0 aliphatic rings. The van der Waals surface area contributed by atoms with E-state index in [2.05, 4.69) is 13.9 Å². The molecule has 2 aromatic rings. The highest BCUT2D eigenvalue weighted by Crippen LogP contribution is 2.40. The lowest BCUT2D eigenvalue weighted by Gasteiger charge is -2.28. The molecule has 2 rings (SSSR count). The number of carbonyl (C=O) groups excluding carboxylic acids is 1. The van der Waals surface area contributed by atoms with Crippen molar-refractivity contribution in [1.82, 2.24) is 5.32 Å². The molecule has 0 atom stereocenters. The molecule has 0 unspecified atom stereocenters. The van der Waals surface area contributed by atoms with Crippen LogP contribution in [0.4, 0.5) is 23.2 Å². The van der Waals surface area contributed by atoms with E-state index in [1.807, 2.05) is 0 Å². The summed E-state index contributed by atoms with van der Waals surface area (Å²) in [6, 6.07) is 9.24. The molecule has 0 spiro atoms. The maximum atomic E-state index is 13.9. The van der Waals surface area contributed by atoms with Gasteiger partial charge in [-0.2, -0.15) is 13.2 Å². The van der Waals surface area contributed by atoms with Crippen molar-refractivity contribution in [3.05, 3.63) is 59.4 Å². The van der Waals surface area contributed by atoms with Gasteiger partial charge in [-0.05, 0) is 49.2 Å². The zero-order chi connectivity index (χ0) is 23.2. The van der Waals surface area contributed by atoms with E-state index >= 15 is 0 Å². The van der Waals surface area contributed by atoms with E-state index in [1.54, 1.807) is 0 Å². The maximum absolute atomic E-state index is 13.9. The first-order valence-corrected chi connectivity index (χ1v) is 10.0. The number of rotatable bonds is 8. The second-order valence-electron chi connectivity index (χ2n) is 6.97. The topological polar surface area (TPSA) is 77.0 Å². The minimum atomic E-state index is -4.40. The summed E-state index contributed by atoms with van der Waals surface area (Å²) < 4.78 is 77.6. The Morgan fingerprint density at radius 2 is 1.77 bits per heavy atom. The van der Waals surface area contributed by atoms with Crippen LogP contribution < -0.4 is 10.1 Å². The number of carbonyl (C=O) groups is 1. The molecule has 0 bridgehead atoms. The number of benzene rings is 2. The highest BCUT2D eigenvalue weighted by atomic mass is 32.2. The average Bonchev–Trinajstić information content (AvgIpc) is 2.71. The molecule has 2 aromatic carbocycles. The smallest absolute Gasteiger partial charge is 0.397 e. The van der Waals surface area contributed by atoms with E-state index in [4.69, 9.17) is 4.74 Å². The summed E-state index contributed by atoms with van der Waals surface area (Å²) in [5.74, 6) is -0.996. The molecule has 1 amide bonds. The third-order valence-electron chi connectivity index (χ3n) is 4.47. The van der Waals surface area contributed by atoms with Crippen molar-refractivity contribution in [2.24, 2.45) is 4.36 Å². The Balaban J connectivity index is 1.89. The number of alkyl halides is 3. The summed E-state index contributed by atoms with van der Waals surface area (Å²) in [6.45, 7) is 1.80. The zero-order valence-corrected chi connectivity index (χ0v) is 17.8. The molecule has 1 N–H and O–H groups in total. The Bertz CT molecular complexity index is 1000. The van der Waals surface area contributed by atoms with Crippen molar-refractivity contribution in [1.29, 1.82) is 0 Å². The first-order chi connectivity index (χ1) is 14.4. The molecule has 11 heteroatoms. The Morgan fingerprint density at radius 3 is 2.32 bits per heavy atom. The van der Waals surface area contributed by atoms with Crippen LogP contribution in [0.3, 0.4) is 0 Å². The van der Waals surface area contributed by atoms with Gasteiger partial charge in [-0.3, -0.25) is 4.79 Å². The van der Waals surface area contributed by atoms with Gasteiger partial charge in [0.05, 0.1) is 11.1 Å². The molecule has 0 aliphatic heterocycles. The summed E-state index contributed by atoms with van der Waals surface area (Å²) in [7, 11) is -0.827. The number of amides is 1. The molecular weight excluding hydrogens is 440 g/mol. The predicted molar refractivity (Wildman–Crippen MR) is 106 cm³/mol. The molecule has 6 nitrogen and oxygen atoms in total. The molecule has 170 valence electrons. The molecule has 0 fully saturated rings. The maximum Gasteiger partial charge on any atom is 0.397 e. The number of hydrogen-bond donors (Lipinski definition) is 1. The van der Waals surface area contributed by atoms with Gasteiger partial charge in [0.2, 0.25) is 0 Å². The van der Waals surface area contributed by atoms with Gasteiger partial charge in [0.1, 0.15) is 11.6 Å². The Kier molecular flexibility index (Phi) is 8.02. The molecule has 0 aliphatic carbocycles. The fraction of sp³-hybridized carbons (Fsp3) is 0.350. The van der Waals surface area contributed by atoms with Crippen molar-refractivity contribution in [2.45, 2.75) is 32.0 Å². The van der Waals surface area contributed by atoms with Gasteiger partial charge in [-0.15, -0.1) is 0 Å². The summed E-state index contributed by atoms with van der Waals surface area (Å²) in [6.07, 6.45) is -4.40. The number of hydrogen-bond acceptors (Lipinski definition) is 6. The first kappa shape index (κ1) is 24.6. The van der Waals surface area contributed by atoms with E-state index < -0.39 is 34.2 Å². The molecule has 0 radical (unpaired) electrons. The quantitative estimate of drug-likeness (QED) is 0.457. The molecule has 31 heavy (non-hydrogen) atoms. The van der Waals surface area contributed by atoms with E-state index in [1.165, 1.54) is 43.5 Å². The predicted octanol–water partition coefficient (Wildman–Crippen LogP) is 4.70. The summed E-state index contributed by atoms with van der Waals surface area (Å²) in [5.41, 5.74) is -1.65. The second-order valence-corrected chi connectivity index (χ2v) is 7.92. The third kappa shape index (κ3) is 6.66. The van der Waals surface area contributed by atoms with Crippen LogP contribution in [-0.4, -0.2) is 25.8 Å². The summed E-state index contributed by atoms with van der Waals surface area (Å²) in [4.78, 5) is 11.9. The lowest BCUT2D eigenvalue weighted by Crippen LogP contribution is -2.36. The van der Waals surface area contributed by atoms with Crippen molar-refractivity contribution in [3.8, 4) is 5.75 Å². The van der Waals surface area contributed by atoms with Crippen LogP contribution in [-0.2, 0) is 36.0 Å². The van der Waals surface area contributed by atoms with Crippen molar-refractivity contribution in [2.75, 3.05) is 13.7 Å². The fourth-order valence-corrected chi connectivity index (χ4v) is 2.77. The lowest BCUT2D eigenvalue weighted by atomic mass is 9.84. The highest BCUT2D eigenvalue weighted by molar-refractivity contribution is 7.69. The van der Waals surface area contributed by atoms with Gasteiger partial charge >= 0.3 is 6.18 Å². The molecule has 0 saturated carbocycles. The SMILES string of the molecule is CO[S-](=O)=Nc1ccc(CNC(=O)COc2ccc(C(C)(C)C(F)(F)F)cc2)cc1F. The second kappa shape index (κ2) is 10.1. The van der Waals surface area contributed by atoms with Crippen LogP contribution in [0.15, 0.2) is 46.8 Å². The van der Waals surface area contributed by atoms with Crippen molar-refractivity contribution < 1.29 is 35.5 Å². The summed E-state index contributed by atoms with van der Waals surface area (Å²) in [5, 5.41) is 2.53. The Hall–Kier alpha value is -2.66. The van der Waals surface area contributed by atoms with E-state index in [9.17, 15) is 26.6 Å². The standard InChI is InChI=1S/C20H21F4N2O4S/c1-19(2,20(22,23)24)14-5-7-15(8-6-14)30-12-18(27)25-11-13-4-9-17(16(21)10-13)26-31(28)29-3/h4-10H,11-12H2,1-3H3,(H,25,27)/q-1. The molecule has 0 heterocycles. The zero-order valence-electron chi connectivity index (χ0n) is 17.0. The monoisotopic (exact) mass is 461 g/mol. The van der Waals surface area contributed by atoms with Gasteiger partial charge in [0, 0.05) is 13.7 Å². The van der Waals surface area contributed by atoms with E-state index in [-0.39, 0.29) is 30.2 Å². The third-order valence-corrected chi connectivity index (χ3v) is 5.10. The first-order valence-electron chi connectivity index (χ1n) is 8.97. The Morgan fingerprint density at radius 1 is 1.13 bits per heavy atom. The van der Waals surface area contributed by atoms with Crippen molar-refractivity contribution >= 4 is 22.5 Å². The summed E-state index contributed by atoms with van der Waals surface area (Å²) >= 11 is 0. The number of halogens is 4. The number of nitrogens with one attached hydrogen (secondary N) is 1. The van der Waals surface area contributed by atoms with Gasteiger partial charge in [0.25, 0.3) is 5.91 Å². The minimum Gasteiger partial charge on any atom is -0.484 e. The van der Waals surface area contributed by atoms with E-state index in [0.717, 1.165) is 19.9 Å². The Labute approximate surface area is 179 Å². The van der Waals surface area contributed by atoms with Crippen molar-refractivity contribution in [3.63, 3.8) is 0 Å². The molecule has 0 saturated heterocycles.